The van der Waals surface area contributed by atoms with E-state index in [2.05, 4.69) is 15.7 Å². The van der Waals surface area contributed by atoms with Gasteiger partial charge in [-0.3, -0.25) is 4.68 Å². The predicted octanol–water partition coefficient (Wildman–Crippen LogP) is 1.79. The Morgan fingerprint density at radius 2 is 2.23 bits per heavy atom. The van der Waals surface area contributed by atoms with Gasteiger partial charge in [0.25, 0.3) is 0 Å². The minimum absolute atomic E-state index is 0.203. The number of carbonyl (C=O) groups is 1. The lowest BCUT2D eigenvalue weighted by atomic mass is 10.3. The van der Waals surface area contributed by atoms with E-state index in [1.54, 1.807) is 31.8 Å². The van der Waals surface area contributed by atoms with E-state index in [0.717, 1.165) is 6.42 Å². The van der Waals surface area contributed by atoms with E-state index in [-0.39, 0.29) is 11.8 Å². The Hall–Kier alpha value is -1.67. The number of nitrogens with zero attached hydrogens (tertiary/aromatic N) is 2. The standard InChI is InChI=1S/C14H24N4O3S/c1-5-18-9-11(12(17-18)13(19)21-10(2)3)16-14(22)15-7-6-8-20-4/h9-10H,5-8H2,1-4H3,(H2,15,16,22). The largest absolute Gasteiger partial charge is 0.458 e. The van der Waals surface area contributed by atoms with Crippen molar-refractivity contribution < 1.29 is 14.3 Å². The van der Waals surface area contributed by atoms with Crippen molar-refractivity contribution in [3.05, 3.63) is 11.9 Å². The van der Waals surface area contributed by atoms with Crippen molar-refractivity contribution in [3.8, 4) is 0 Å². The van der Waals surface area contributed by atoms with Gasteiger partial charge in [-0.25, -0.2) is 4.79 Å². The summed E-state index contributed by atoms with van der Waals surface area (Å²) in [6.07, 6.45) is 2.38. The van der Waals surface area contributed by atoms with E-state index in [1.165, 1.54) is 0 Å². The van der Waals surface area contributed by atoms with Crippen molar-refractivity contribution in [1.29, 1.82) is 0 Å². The molecule has 2 N–H and O–H groups in total. The summed E-state index contributed by atoms with van der Waals surface area (Å²) >= 11 is 5.21. The molecule has 0 aliphatic rings. The number of rotatable bonds is 8. The summed E-state index contributed by atoms with van der Waals surface area (Å²) in [4.78, 5) is 12.1. The summed E-state index contributed by atoms with van der Waals surface area (Å²) < 4.78 is 11.8. The summed E-state index contributed by atoms with van der Waals surface area (Å²) in [5.74, 6) is -0.466. The van der Waals surface area contributed by atoms with Crippen molar-refractivity contribution in [1.82, 2.24) is 15.1 Å². The average molecular weight is 328 g/mol. The molecule has 1 aromatic rings. The Bertz CT molecular complexity index is 502. The first-order valence-corrected chi connectivity index (χ1v) is 7.71. The van der Waals surface area contributed by atoms with E-state index >= 15 is 0 Å². The number of ether oxygens (including phenoxy) is 2. The predicted molar refractivity (Wildman–Crippen MR) is 89.2 cm³/mol. The van der Waals surface area contributed by atoms with Gasteiger partial charge in [0.2, 0.25) is 0 Å². The molecule has 0 spiro atoms. The van der Waals surface area contributed by atoms with Gasteiger partial charge in [-0.15, -0.1) is 0 Å². The second kappa shape index (κ2) is 9.37. The zero-order valence-electron chi connectivity index (χ0n) is 13.5. The van der Waals surface area contributed by atoms with Gasteiger partial charge in [0.05, 0.1) is 11.8 Å². The van der Waals surface area contributed by atoms with E-state index in [1.807, 2.05) is 6.92 Å². The maximum atomic E-state index is 12.1. The third kappa shape index (κ3) is 5.98. The maximum Gasteiger partial charge on any atom is 0.361 e. The summed E-state index contributed by atoms with van der Waals surface area (Å²) in [6, 6.07) is 0. The molecule has 0 bridgehead atoms. The molecule has 0 aromatic carbocycles. The van der Waals surface area contributed by atoms with Crippen LogP contribution in [0.15, 0.2) is 6.20 Å². The number of hydrogen-bond acceptors (Lipinski definition) is 5. The van der Waals surface area contributed by atoms with Crippen LogP contribution in [0.2, 0.25) is 0 Å². The van der Waals surface area contributed by atoms with Gasteiger partial charge in [-0.1, -0.05) is 0 Å². The van der Waals surface area contributed by atoms with E-state index < -0.39 is 5.97 Å². The number of nitrogens with one attached hydrogen (secondary N) is 2. The van der Waals surface area contributed by atoms with Crippen LogP contribution in [-0.2, 0) is 16.0 Å². The molecule has 124 valence electrons. The van der Waals surface area contributed by atoms with Crippen molar-refractivity contribution in [2.45, 2.75) is 39.8 Å². The molecule has 8 heteroatoms. The van der Waals surface area contributed by atoms with Crippen LogP contribution in [0.4, 0.5) is 5.69 Å². The van der Waals surface area contributed by atoms with Gasteiger partial charge in [-0.2, -0.15) is 5.10 Å². The normalized spacial score (nSPS) is 10.6. The van der Waals surface area contributed by atoms with Crippen LogP contribution in [0, 0.1) is 0 Å². The van der Waals surface area contributed by atoms with Crippen molar-refractivity contribution in [2.75, 3.05) is 25.6 Å². The maximum absolute atomic E-state index is 12.1. The fourth-order valence-electron chi connectivity index (χ4n) is 1.68. The van der Waals surface area contributed by atoms with Crippen LogP contribution < -0.4 is 10.6 Å². The molecule has 0 radical (unpaired) electrons. The summed E-state index contributed by atoms with van der Waals surface area (Å²) in [5, 5.41) is 10.7. The topological polar surface area (TPSA) is 77.4 Å². The Kier molecular flexibility index (Phi) is 7.83. The Labute approximate surface area is 136 Å². The summed E-state index contributed by atoms with van der Waals surface area (Å²) in [5.41, 5.74) is 0.772. The Morgan fingerprint density at radius 1 is 1.50 bits per heavy atom. The zero-order chi connectivity index (χ0) is 16.5. The van der Waals surface area contributed by atoms with Crippen LogP contribution >= 0.6 is 12.2 Å². The molecule has 0 atom stereocenters. The van der Waals surface area contributed by atoms with Gasteiger partial charge in [0, 0.05) is 33.0 Å². The number of hydrogen-bond donors (Lipinski definition) is 2. The van der Waals surface area contributed by atoms with Gasteiger partial charge in [-0.05, 0) is 39.4 Å². The number of aryl methyl sites for hydroxylation is 1. The Morgan fingerprint density at radius 3 is 2.82 bits per heavy atom. The van der Waals surface area contributed by atoms with Crippen molar-refractivity contribution in [2.24, 2.45) is 0 Å². The molecule has 22 heavy (non-hydrogen) atoms. The first kappa shape index (κ1) is 18.4. The summed E-state index contributed by atoms with van der Waals surface area (Å²) in [7, 11) is 1.66. The molecule has 0 fully saturated rings. The van der Waals surface area contributed by atoms with Crippen molar-refractivity contribution in [3.63, 3.8) is 0 Å². The molecular weight excluding hydrogens is 304 g/mol. The molecule has 0 aliphatic heterocycles. The Balaban J connectivity index is 2.70. The second-order valence-electron chi connectivity index (χ2n) is 4.93. The lowest BCUT2D eigenvalue weighted by Gasteiger charge is -2.11. The number of aromatic nitrogens is 2. The lowest BCUT2D eigenvalue weighted by molar-refractivity contribution is 0.0371. The average Bonchev–Trinajstić information content (AvgIpc) is 2.86. The van der Waals surface area contributed by atoms with Gasteiger partial charge in [0.15, 0.2) is 10.8 Å². The molecule has 0 saturated heterocycles. The van der Waals surface area contributed by atoms with Gasteiger partial charge < -0.3 is 20.1 Å². The number of thiocarbonyl (C=S) groups is 1. The monoisotopic (exact) mass is 328 g/mol. The SMILES string of the molecule is CCn1cc(NC(=S)NCCCOC)c(C(=O)OC(C)C)n1. The third-order valence-corrected chi connectivity index (χ3v) is 2.93. The first-order valence-electron chi connectivity index (χ1n) is 7.30. The number of methoxy groups -OCH3 is 1. The molecule has 1 heterocycles. The lowest BCUT2D eigenvalue weighted by Crippen LogP contribution is -2.30. The second-order valence-corrected chi connectivity index (χ2v) is 5.34. The van der Waals surface area contributed by atoms with Crippen LogP contribution in [0.1, 0.15) is 37.7 Å². The number of carbonyl (C=O) groups excluding carboxylic acids is 1. The smallest absolute Gasteiger partial charge is 0.361 e. The fraction of sp³-hybridized carbons (Fsp3) is 0.643. The highest BCUT2D eigenvalue weighted by atomic mass is 32.1. The van der Waals surface area contributed by atoms with E-state index in [9.17, 15) is 4.79 Å². The van der Waals surface area contributed by atoms with E-state index in [0.29, 0.717) is 30.5 Å². The van der Waals surface area contributed by atoms with Crippen LogP contribution in [0.3, 0.4) is 0 Å². The molecule has 7 nitrogen and oxygen atoms in total. The first-order chi connectivity index (χ1) is 10.5. The number of esters is 1. The molecule has 1 aromatic heterocycles. The third-order valence-electron chi connectivity index (χ3n) is 2.68. The van der Waals surface area contributed by atoms with Gasteiger partial charge in [0.1, 0.15) is 0 Å². The minimum Gasteiger partial charge on any atom is -0.458 e. The van der Waals surface area contributed by atoms with Crippen LogP contribution in [-0.4, -0.2) is 47.2 Å². The highest BCUT2D eigenvalue weighted by Crippen LogP contribution is 2.16. The fourth-order valence-corrected chi connectivity index (χ4v) is 1.89. The zero-order valence-corrected chi connectivity index (χ0v) is 14.3. The summed E-state index contributed by atoms with van der Waals surface area (Å²) in [6.45, 7) is 7.53. The number of anilines is 1. The van der Waals surface area contributed by atoms with Crippen LogP contribution in [0.25, 0.3) is 0 Å². The highest BCUT2D eigenvalue weighted by Gasteiger charge is 2.19. The molecule has 0 amide bonds. The molecule has 0 unspecified atom stereocenters. The highest BCUT2D eigenvalue weighted by molar-refractivity contribution is 7.80. The van der Waals surface area contributed by atoms with Gasteiger partial charge >= 0.3 is 5.97 Å². The quantitative estimate of drug-likeness (QED) is 0.428. The van der Waals surface area contributed by atoms with Crippen molar-refractivity contribution >= 4 is 29.0 Å². The molecule has 1 rings (SSSR count). The molecular formula is C14H24N4O3S. The minimum atomic E-state index is -0.466. The van der Waals surface area contributed by atoms with E-state index in [4.69, 9.17) is 21.7 Å². The molecule has 0 saturated carbocycles. The van der Waals surface area contributed by atoms with Crippen LogP contribution in [0.5, 0.6) is 0 Å². The molecule has 0 aliphatic carbocycles.